The van der Waals surface area contributed by atoms with Crippen LogP contribution in [0.4, 0.5) is 0 Å². The van der Waals surface area contributed by atoms with Gasteiger partial charge in [-0.25, -0.2) is 0 Å². The molecule has 1 aromatic heterocycles. The van der Waals surface area contributed by atoms with Gasteiger partial charge < -0.3 is 23.8 Å². The molecule has 4 rings (SSSR count). The lowest BCUT2D eigenvalue weighted by molar-refractivity contribution is -0.133. The Hall–Kier alpha value is -3.88. The molecule has 1 fully saturated rings. The molecular formula is C25H28N4O5. The molecule has 1 saturated heterocycles. The van der Waals surface area contributed by atoms with E-state index in [1.807, 2.05) is 38.1 Å². The van der Waals surface area contributed by atoms with E-state index in [-0.39, 0.29) is 24.3 Å². The Morgan fingerprint density at radius 1 is 1.09 bits per heavy atom. The Kier molecular flexibility index (Phi) is 6.81. The van der Waals surface area contributed by atoms with Crippen LogP contribution in [-0.4, -0.2) is 71.7 Å². The maximum Gasteiger partial charge on any atom is 0.258 e. The lowest BCUT2D eigenvalue weighted by Gasteiger charge is -2.40. The van der Waals surface area contributed by atoms with Crippen LogP contribution in [0, 0.1) is 6.92 Å². The van der Waals surface area contributed by atoms with Gasteiger partial charge in [0.25, 0.3) is 11.8 Å². The van der Waals surface area contributed by atoms with E-state index in [0.717, 1.165) is 11.1 Å². The number of benzene rings is 2. The molecule has 0 aliphatic carbocycles. The summed E-state index contributed by atoms with van der Waals surface area (Å²) in [5, 5.41) is 3.98. The molecule has 178 valence electrons. The number of ether oxygens (including phenoxy) is 2. The van der Waals surface area contributed by atoms with Gasteiger partial charge in [-0.05, 0) is 37.6 Å². The molecular weight excluding hydrogens is 436 g/mol. The number of aromatic nitrogens is 2. The molecule has 0 radical (unpaired) electrons. The van der Waals surface area contributed by atoms with Crippen molar-refractivity contribution in [3.05, 3.63) is 59.4 Å². The molecule has 34 heavy (non-hydrogen) atoms. The predicted molar refractivity (Wildman–Crippen MR) is 125 cm³/mol. The van der Waals surface area contributed by atoms with Crippen molar-refractivity contribution in [1.29, 1.82) is 0 Å². The zero-order valence-corrected chi connectivity index (χ0v) is 19.8. The van der Waals surface area contributed by atoms with Gasteiger partial charge in [0.15, 0.2) is 5.82 Å². The zero-order valence-electron chi connectivity index (χ0n) is 19.8. The van der Waals surface area contributed by atoms with Gasteiger partial charge in [0, 0.05) is 42.9 Å². The first-order valence-electron chi connectivity index (χ1n) is 11.1. The van der Waals surface area contributed by atoms with Crippen molar-refractivity contribution in [3.8, 4) is 23.0 Å². The van der Waals surface area contributed by atoms with E-state index in [0.29, 0.717) is 48.4 Å². The number of hydrogen-bond acceptors (Lipinski definition) is 7. The lowest BCUT2D eigenvalue weighted by Crippen LogP contribution is -2.55. The number of methoxy groups -OCH3 is 2. The van der Waals surface area contributed by atoms with Gasteiger partial charge in [0.1, 0.15) is 11.5 Å². The van der Waals surface area contributed by atoms with Crippen LogP contribution < -0.4 is 9.47 Å². The second-order valence-corrected chi connectivity index (χ2v) is 8.30. The molecule has 2 amide bonds. The Morgan fingerprint density at radius 3 is 2.44 bits per heavy atom. The highest BCUT2D eigenvalue weighted by molar-refractivity contribution is 5.95. The first-order chi connectivity index (χ1) is 16.4. The van der Waals surface area contributed by atoms with Crippen LogP contribution in [0.1, 0.15) is 28.7 Å². The lowest BCUT2D eigenvalue weighted by atomic mass is 10.1. The summed E-state index contributed by atoms with van der Waals surface area (Å²) >= 11 is 0. The van der Waals surface area contributed by atoms with E-state index >= 15 is 0 Å². The SMILES string of the molecule is COc1cc(OC)cc(C(=O)N2CCN(C(=O)Cc3noc(-c4ccccc4C)n3)CC2C)c1. The molecule has 2 heterocycles. The number of amides is 2. The van der Waals surface area contributed by atoms with Crippen molar-refractivity contribution in [2.75, 3.05) is 33.9 Å². The largest absolute Gasteiger partial charge is 0.497 e. The smallest absolute Gasteiger partial charge is 0.258 e. The van der Waals surface area contributed by atoms with Crippen LogP contribution in [0.25, 0.3) is 11.5 Å². The average molecular weight is 465 g/mol. The molecule has 9 heteroatoms. The summed E-state index contributed by atoms with van der Waals surface area (Å²) in [6.45, 7) is 5.17. The highest BCUT2D eigenvalue weighted by Gasteiger charge is 2.31. The number of carbonyl (C=O) groups is 2. The molecule has 1 aliphatic heterocycles. The highest BCUT2D eigenvalue weighted by atomic mass is 16.5. The number of rotatable bonds is 6. The molecule has 0 bridgehead atoms. The van der Waals surface area contributed by atoms with Gasteiger partial charge in [0.05, 0.1) is 20.6 Å². The highest BCUT2D eigenvalue weighted by Crippen LogP contribution is 2.25. The minimum Gasteiger partial charge on any atom is -0.497 e. The monoisotopic (exact) mass is 464 g/mol. The van der Waals surface area contributed by atoms with Gasteiger partial charge in [-0.15, -0.1) is 0 Å². The summed E-state index contributed by atoms with van der Waals surface area (Å²) < 4.78 is 15.9. The first kappa shape index (κ1) is 23.3. The second kappa shape index (κ2) is 9.94. The van der Waals surface area contributed by atoms with Crippen LogP contribution in [-0.2, 0) is 11.2 Å². The van der Waals surface area contributed by atoms with Crippen molar-refractivity contribution in [3.63, 3.8) is 0 Å². The van der Waals surface area contributed by atoms with Crippen LogP contribution >= 0.6 is 0 Å². The van der Waals surface area contributed by atoms with E-state index in [2.05, 4.69) is 10.1 Å². The van der Waals surface area contributed by atoms with Crippen LogP contribution in [0.3, 0.4) is 0 Å². The fraction of sp³-hybridized carbons (Fsp3) is 0.360. The Morgan fingerprint density at radius 2 is 1.79 bits per heavy atom. The van der Waals surface area contributed by atoms with Crippen molar-refractivity contribution in [1.82, 2.24) is 19.9 Å². The minimum absolute atomic E-state index is 0.0448. The van der Waals surface area contributed by atoms with Gasteiger partial charge in [0.2, 0.25) is 5.91 Å². The molecule has 2 aromatic carbocycles. The first-order valence-corrected chi connectivity index (χ1v) is 11.1. The number of hydrogen-bond donors (Lipinski definition) is 0. The quantitative estimate of drug-likeness (QED) is 0.553. The maximum absolute atomic E-state index is 13.2. The minimum atomic E-state index is -0.157. The second-order valence-electron chi connectivity index (χ2n) is 8.30. The van der Waals surface area contributed by atoms with E-state index < -0.39 is 0 Å². The van der Waals surface area contributed by atoms with Crippen LogP contribution in [0.15, 0.2) is 47.0 Å². The fourth-order valence-electron chi connectivity index (χ4n) is 4.08. The number of nitrogens with zero attached hydrogens (tertiary/aromatic N) is 4. The van der Waals surface area contributed by atoms with Gasteiger partial charge >= 0.3 is 0 Å². The third-order valence-corrected chi connectivity index (χ3v) is 5.99. The number of carbonyl (C=O) groups excluding carboxylic acids is 2. The van der Waals surface area contributed by atoms with Crippen molar-refractivity contribution >= 4 is 11.8 Å². The molecule has 0 N–H and O–H groups in total. The fourth-order valence-corrected chi connectivity index (χ4v) is 4.08. The average Bonchev–Trinajstić information content (AvgIpc) is 3.31. The summed E-state index contributed by atoms with van der Waals surface area (Å²) in [4.78, 5) is 34.0. The van der Waals surface area contributed by atoms with E-state index in [1.54, 1.807) is 42.2 Å². The summed E-state index contributed by atoms with van der Waals surface area (Å²) in [6, 6.07) is 12.7. The normalized spacial score (nSPS) is 15.8. The van der Waals surface area contributed by atoms with Gasteiger partial charge in [-0.2, -0.15) is 4.98 Å². The van der Waals surface area contributed by atoms with E-state index in [1.165, 1.54) is 0 Å². The topological polar surface area (TPSA) is 98.0 Å². The van der Waals surface area contributed by atoms with Crippen molar-refractivity contribution in [2.24, 2.45) is 0 Å². The molecule has 1 atom stereocenters. The summed E-state index contributed by atoms with van der Waals surface area (Å²) in [7, 11) is 3.09. The van der Waals surface area contributed by atoms with Crippen LogP contribution in [0.5, 0.6) is 11.5 Å². The van der Waals surface area contributed by atoms with E-state index in [9.17, 15) is 9.59 Å². The number of piperazine rings is 1. The third kappa shape index (κ3) is 4.88. The molecule has 3 aromatic rings. The summed E-state index contributed by atoms with van der Waals surface area (Å²) in [6.07, 6.45) is 0.0448. The van der Waals surface area contributed by atoms with Crippen molar-refractivity contribution < 1.29 is 23.6 Å². The molecule has 9 nitrogen and oxygen atoms in total. The molecule has 0 saturated carbocycles. The number of aryl methyl sites for hydroxylation is 1. The Bertz CT molecular complexity index is 1170. The van der Waals surface area contributed by atoms with Crippen LogP contribution in [0.2, 0.25) is 0 Å². The van der Waals surface area contributed by atoms with Crippen molar-refractivity contribution in [2.45, 2.75) is 26.3 Å². The molecule has 0 spiro atoms. The third-order valence-electron chi connectivity index (χ3n) is 5.99. The predicted octanol–water partition coefficient (Wildman–Crippen LogP) is 2.98. The summed E-state index contributed by atoms with van der Waals surface area (Å²) in [5.41, 5.74) is 2.36. The van der Waals surface area contributed by atoms with E-state index in [4.69, 9.17) is 14.0 Å². The Labute approximate surface area is 198 Å². The Balaban J connectivity index is 1.39. The molecule has 1 unspecified atom stereocenters. The zero-order chi connectivity index (χ0) is 24.2. The van der Waals surface area contributed by atoms with Gasteiger partial charge in [-0.1, -0.05) is 23.4 Å². The maximum atomic E-state index is 13.2. The standard InChI is InChI=1S/C25H28N4O5/c1-16-7-5-6-8-21(16)24-26-22(27-34-24)14-23(30)28-9-10-29(17(2)15-28)25(31)18-11-19(32-3)13-20(12-18)33-4/h5-8,11-13,17H,9-10,14-15H2,1-4H3. The van der Waals surface area contributed by atoms with Gasteiger partial charge in [-0.3, -0.25) is 9.59 Å². The molecule has 1 aliphatic rings. The summed E-state index contributed by atoms with van der Waals surface area (Å²) in [5.74, 6) is 1.62.